The summed E-state index contributed by atoms with van der Waals surface area (Å²) in [6.45, 7) is 11.0. The maximum absolute atomic E-state index is 13.8. The summed E-state index contributed by atoms with van der Waals surface area (Å²) in [5.41, 5.74) is 3.17. The van der Waals surface area contributed by atoms with Gasteiger partial charge in [0.15, 0.2) is 0 Å². The molecule has 0 aromatic heterocycles. The van der Waals surface area contributed by atoms with Gasteiger partial charge in [0.1, 0.15) is 6.10 Å². The van der Waals surface area contributed by atoms with Gasteiger partial charge < -0.3 is 25.7 Å². The van der Waals surface area contributed by atoms with Crippen molar-refractivity contribution in [1.29, 1.82) is 0 Å². The van der Waals surface area contributed by atoms with Gasteiger partial charge in [0.2, 0.25) is 5.91 Å². The number of benzene rings is 3. The molecule has 0 saturated carbocycles. The lowest BCUT2D eigenvalue weighted by Gasteiger charge is -2.33. The molecule has 3 amide bonds. The van der Waals surface area contributed by atoms with Crippen molar-refractivity contribution in [2.75, 3.05) is 13.1 Å². The van der Waals surface area contributed by atoms with Gasteiger partial charge in [-0.2, -0.15) is 0 Å². The van der Waals surface area contributed by atoms with Gasteiger partial charge in [-0.05, 0) is 60.9 Å². The van der Waals surface area contributed by atoms with Crippen LogP contribution in [-0.4, -0.2) is 64.2 Å². The van der Waals surface area contributed by atoms with Crippen molar-refractivity contribution in [2.45, 2.75) is 78.7 Å². The molecule has 3 aromatic carbocycles. The van der Waals surface area contributed by atoms with Gasteiger partial charge in [-0.25, -0.2) is 0 Å². The molecule has 0 spiro atoms. The number of carbonyl (C=O) groups is 3. The van der Waals surface area contributed by atoms with Gasteiger partial charge in [0, 0.05) is 30.8 Å². The molecule has 0 saturated heterocycles. The minimum absolute atomic E-state index is 0.134. The molecular formula is C37H49N3O5. The van der Waals surface area contributed by atoms with Crippen LogP contribution in [-0.2, 0) is 17.8 Å². The van der Waals surface area contributed by atoms with E-state index in [9.17, 15) is 24.6 Å². The highest BCUT2D eigenvalue weighted by atomic mass is 16.3. The highest BCUT2D eigenvalue weighted by Crippen LogP contribution is 2.23. The maximum Gasteiger partial charge on any atom is 0.253 e. The lowest BCUT2D eigenvalue weighted by atomic mass is 9.83. The van der Waals surface area contributed by atoms with E-state index in [-0.39, 0.29) is 30.7 Å². The third kappa shape index (κ3) is 9.99. The predicted molar refractivity (Wildman–Crippen MR) is 178 cm³/mol. The average molecular weight is 616 g/mol. The minimum atomic E-state index is -1.46. The molecule has 0 aliphatic rings. The largest absolute Gasteiger partial charge is 0.390 e. The van der Waals surface area contributed by atoms with E-state index in [0.29, 0.717) is 29.8 Å². The maximum atomic E-state index is 13.8. The Labute approximate surface area is 267 Å². The summed E-state index contributed by atoms with van der Waals surface area (Å²) in [6, 6.07) is 23.0. The third-order valence-corrected chi connectivity index (χ3v) is 8.08. The van der Waals surface area contributed by atoms with Crippen LogP contribution >= 0.6 is 0 Å². The fourth-order valence-corrected chi connectivity index (χ4v) is 5.61. The van der Waals surface area contributed by atoms with E-state index < -0.39 is 30.1 Å². The zero-order valence-electron chi connectivity index (χ0n) is 27.2. The third-order valence-electron chi connectivity index (χ3n) is 8.08. The lowest BCUT2D eigenvalue weighted by Crippen LogP contribution is -2.55. The molecule has 0 fully saturated rings. The van der Waals surface area contributed by atoms with Gasteiger partial charge in [-0.3, -0.25) is 14.4 Å². The molecule has 3 rings (SSSR count). The normalized spacial score (nSPS) is 13.9. The molecule has 8 heteroatoms. The Balaban J connectivity index is 1.87. The predicted octanol–water partition coefficient (Wildman–Crippen LogP) is 4.91. The van der Waals surface area contributed by atoms with Gasteiger partial charge in [0.05, 0.1) is 18.1 Å². The second-order valence-corrected chi connectivity index (χ2v) is 12.0. The summed E-state index contributed by atoms with van der Waals surface area (Å²) >= 11 is 0. The van der Waals surface area contributed by atoms with Crippen LogP contribution in [0.4, 0.5) is 0 Å². The van der Waals surface area contributed by atoms with Crippen molar-refractivity contribution in [1.82, 2.24) is 15.5 Å². The number of carbonyl (C=O) groups excluding carboxylic acids is 3. The van der Waals surface area contributed by atoms with Gasteiger partial charge in [-0.15, -0.1) is 0 Å². The van der Waals surface area contributed by atoms with Crippen LogP contribution in [0.3, 0.4) is 0 Å². The van der Waals surface area contributed by atoms with Crippen LogP contribution in [0.1, 0.15) is 77.9 Å². The first-order chi connectivity index (χ1) is 21.6. The molecule has 0 heterocycles. The van der Waals surface area contributed by atoms with E-state index in [1.807, 2.05) is 88.4 Å². The van der Waals surface area contributed by atoms with E-state index >= 15 is 0 Å². The van der Waals surface area contributed by atoms with Crippen molar-refractivity contribution >= 4 is 17.7 Å². The Bertz CT molecular complexity index is 1370. The fourth-order valence-electron chi connectivity index (χ4n) is 5.61. The second-order valence-electron chi connectivity index (χ2n) is 12.0. The van der Waals surface area contributed by atoms with Crippen molar-refractivity contribution in [3.8, 4) is 0 Å². The van der Waals surface area contributed by atoms with E-state index in [2.05, 4.69) is 10.6 Å². The molecule has 0 radical (unpaired) electrons. The number of rotatable bonds is 16. The van der Waals surface area contributed by atoms with Crippen molar-refractivity contribution in [3.63, 3.8) is 0 Å². The summed E-state index contributed by atoms with van der Waals surface area (Å²) in [6.07, 6.45) is -1.04. The first-order valence-corrected chi connectivity index (χ1v) is 16.0. The zero-order valence-corrected chi connectivity index (χ0v) is 27.2. The topological polar surface area (TPSA) is 119 Å². The van der Waals surface area contributed by atoms with Crippen LogP contribution in [0.15, 0.2) is 78.9 Å². The van der Waals surface area contributed by atoms with Crippen molar-refractivity contribution in [2.24, 2.45) is 11.8 Å². The quantitative estimate of drug-likeness (QED) is 0.183. The number of nitrogens with one attached hydrogen (secondary N) is 2. The van der Waals surface area contributed by atoms with Gasteiger partial charge in [-0.1, -0.05) is 94.4 Å². The van der Waals surface area contributed by atoms with Crippen LogP contribution in [0, 0.1) is 18.8 Å². The van der Waals surface area contributed by atoms with E-state index in [0.717, 1.165) is 24.0 Å². The number of nitrogens with zero attached hydrogens (tertiary/aromatic N) is 1. The van der Waals surface area contributed by atoms with E-state index in [1.165, 1.54) is 0 Å². The van der Waals surface area contributed by atoms with Crippen LogP contribution in [0.25, 0.3) is 0 Å². The Hall–Kier alpha value is -4.01. The highest BCUT2D eigenvalue weighted by molar-refractivity contribution is 6.00. The molecule has 4 N–H and O–H groups in total. The first kappa shape index (κ1) is 35.5. The molecule has 4 atom stereocenters. The number of aryl methyl sites for hydroxylation is 1. The second kappa shape index (κ2) is 17.5. The molecule has 0 bridgehead atoms. The van der Waals surface area contributed by atoms with Crippen molar-refractivity contribution < 1.29 is 24.6 Å². The van der Waals surface area contributed by atoms with Crippen LogP contribution in [0.5, 0.6) is 0 Å². The van der Waals surface area contributed by atoms with Crippen LogP contribution < -0.4 is 10.6 Å². The number of aliphatic hydroxyl groups excluding tert-OH is 2. The molecule has 242 valence electrons. The van der Waals surface area contributed by atoms with Gasteiger partial charge in [0.25, 0.3) is 11.8 Å². The zero-order chi connectivity index (χ0) is 32.9. The number of aliphatic hydroxyl groups is 2. The van der Waals surface area contributed by atoms with Crippen molar-refractivity contribution in [3.05, 3.63) is 107 Å². The fraction of sp³-hybridized carbons (Fsp3) is 0.432. The summed E-state index contributed by atoms with van der Waals surface area (Å²) in [7, 11) is 0. The Kier molecular flexibility index (Phi) is 13.8. The van der Waals surface area contributed by atoms with Gasteiger partial charge >= 0.3 is 0 Å². The molecule has 0 unspecified atom stereocenters. The number of hydrogen-bond donors (Lipinski definition) is 4. The molecule has 0 aliphatic heterocycles. The molecule has 45 heavy (non-hydrogen) atoms. The minimum Gasteiger partial charge on any atom is -0.390 e. The molecule has 3 aromatic rings. The molecule has 0 aliphatic carbocycles. The smallest absolute Gasteiger partial charge is 0.253 e. The standard InChI is InChI=1S/C37H49N3O5/c1-6-20-40(21-7-2)37(45)29-19-18-26(5)30(23-29)35(43)39-31(22-27-14-10-8-11-15-27)33(41)34(42)32(25(3)4)36(44)38-24-28-16-12-9-13-17-28/h8-19,23,25,31-34,41-42H,6-7,20-22,24H2,1-5H3,(H,38,44)(H,39,43)/t31-,32+,33+,34+/m0/s1. The van der Waals surface area contributed by atoms with E-state index in [4.69, 9.17) is 0 Å². The first-order valence-electron chi connectivity index (χ1n) is 16.0. The molecular weight excluding hydrogens is 566 g/mol. The van der Waals surface area contributed by atoms with Crippen LogP contribution in [0.2, 0.25) is 0 Å². The SMILES string of the molecule is CCCN(CCC)C(=O)c1ccc(C)c(C(=O)N[C@@H](Cc2ccccc2)[C@@H](O)[C@H](O)[C@H](C(=O)NCc2ccccc2)C(C)C)c1. The van der Waals surface area contributed by atoms with E-state index in [1.54, 1.807) is 30.0 Å². The monoisotopic (exact) mass is 615 g/mol. The number of hydrogen-bond acceptors (Lipinski definition) is 5. The summed E-state index contributed by atoms with van der Waals surface area (Å²) in [4.78, 5) is 42.2. The lowest BCUT2D eigenvalue weighted by molar-refractivity contribution is -0.135. The number of amides is 3. The average Bonchev–Trinajstić information content (AvgIpc) is 3.03. The summed E-state index contributed by atoms with van der Waals surface area (Å²) < 4.78 is 0. The summed E-state index contributed by atoms with van der Waals surface area (Å²) in [5, 5.41) is 28.9. The Morgan fingerprint density at radius 1 is 0.800 bits per heavy atom. The molecule has 8 nitrogen and oxygen atoms in total. The highest BCUT2D eigenvalue weighted by Gasteiger charge is 2.38. The summed E-state index contributed by atoms with van der Waals surface area (Å²) in [5.74, 6) is -2.20. The Morgan fingerprint density at radius 3 is 1.93 bits per heavy atom. The Morgan fingerprint density at radius 2 is 1.38 bits per heavy atom.